The quantitative estimate of drug-likeness (QED) is 0.667. The van der Waals surface area contributed by atoms with E-state index in [4.69, 9.17) is 0 Å². The lowest BCUT2D eigenvalue weighted by molar-refractivity contribution is -0.117. The molecule has 0 unspecified atom stereocenters. The van der Waals surface area contributed by atoms with Crippen molar-refractivity contribution in [3.8, 4) is 10.6 Å². The predicted molar refractivity (Wildman–Crippen MR) is 109 cm³/mol. The Bertz CT molecular complexity index is 896. The monoisotopic (exact) mass is 379 g/mol. The molecule has 1 aliphatic rings. The molecule has 1 saturated heterocycles. The summed E-state index contributed by atoms with van der Waals surface area (Å²) < 4.78 is 0. The summed E-state index contributed by atoms with van der Waals surface area (Å²) in [5.41, 5.74) is 1.97. The third-order valence-electron chi connectivity index (χ3n) is 4.63. The zero-order valence-electron chi connectivity index (χ0n) is 14.8. The van der Waals surface area contributed by atoms with Gasteiger partial charge in [-0.2, -0.15) is 5.10 Å². The number of H-pyrrole nitrogens is 1. The van der Waals surface area contributed by atoms with Crippen molar-refractivity contribution < 1.29 is 4.79 Å². The number of nitrogens with zero attached hydrogens (tertiary/aromatic N) is 3. The molecular weight excluding hydrogens is 358 g/mol. The number of nitrogens with one attached hydrogen (secondary N) is 2. The lowest BCUT2D eigenvalue weighted by Crippen LogP contribution is -2.44. The van der Waals surface area contributed by atoms with E-state index in [0.29, 0.717) is 0 Å². The molecule has 1 fully saturated rings. The molecule has 0 atom stereocenters. The molecule has 4 heterocycles. The number of carbonyl (C=O) groups is 1. The minimum absolute atomic E-state index is 0.0583. The van der Waals surface area contributed by atoms with Crippen LogP contribution in [0.1, 0.15) is 18.4 Å². The predicted octanol–water partition coefficient (Wildman–Crippen LogP) is 3.33. The Hall–Kier alpha value is -2.93. The van der Waals surface area contributed by atoms with Crippen LogP contribution in [-0.4, -0.2) is 40.2 Å². The van der Waals surface area contributed by atoms with E-state index < -0.39 is 0 Å². The van der Waals surface area contributed by atoms with Gasteiger partial charge in [-0.25, -0.2) is 0 Å². The summed E-state index contributed by atoms with van der Waals surface area (Å²) in [6.45, 7) is 1.76. The fourth-order valence-corrected chi connectivity index (χ4v) is 3.87. The van der Waals surface area contributed by atoms with Crippen molar-refractivity contribution in [1.29, 1.82) is 0 Å². The van der Waals surface area contributed by atoms with E-state index in [2.05, 4.69) is 42.9 Å². The molecule has 4 rings (SSSR count). The van der Waals surface area contributed by atoms with Crippen LogP contribution in [0.4, 0.5) is 5.82 Å². The Morgan fingerprint density at radius 2 is 2.19 bits per heavy atom. The molecule has 0 radical (unpaired) electrons. The third-order valence-corrected chi connectivity index (χ3v) is 5.53. The lowest BCUT2D eigenvalue weighted by atomic mass is 10.0. The maximum atomic E-state index is 12.1. The average Bonchev–Trinajstić information content (AvgIpc) is 3.39. The second-order valence-electron chi connectivity index (χ2n) is 6.51. The lowest BCUT2D eigenvalue weighted by Gasteiger charge is -2.32. The molecule has 1 aliphatic heterocycles. The van der Waals surface area contributed by atoms with Gasteiger partial charge >= 0.3 is 0 Å². The Morgan fingerprint density at radius 1 is 1.30 bits per heavy atom. The number of rotatable bonds is 5. The van der Waals surface area contributed by atoms with Crippen LogP contribution in [0.15, 0.2) is 54.2 Å². The minimum atomic E-state index is -0.0583. The smallest absolute Gasteiger partial charge is 0.244 e. The summed E-state index contributed by atoms with van der Waals surface area (Å²) in [4.78, 5) is 19.6. The van der Waals surface area contributed by atoms with E-state index in [-0.39, 0.29) is 11.9 Å². The van der Waals surface area contributed by atoms with Crippen molar-refractivity contribution in [1.82, 2.24) is 20.5 Å². The van der Waals surface area contributed by atoms with E-state index in [1.807, 2.05) is 18.2 Å². The molecule has 3 aromatic heterocycles. The first-order chi connectivity index (χ1) is 13.3. The maximum absolute atomic E-state index is 12.1. The number of thiophene rings is 1. The highest BCUT2D eigenvalue weighted by Crippen LogP contribution is 2.27. The van der Waals surface area contributed by atoms with Gasteiger partial charge in [0, 0.05) is 43.7 Å². The van der Waals surface area contributed by atoms with Crippen LogP contribution in [0.25, 0.3) is 16.6 Å². The number of amides is 1. The number of pyridine rings is 1. The Kier molecular flexibility index (Phi) is 5.29. The molecule has 0 aliphatic carbocycles. The van der Waals surface area contributed by atoms with E-state index >= 15 is 0 Å². The number of piperidine rings is 1. The summed E-state index contributed by atoms with van der Waals surface area (Å²) in [6.07, 6.45) is 8.63. The summed E-state index contributed by atoms with van der Waals surface area (Å²) in [5.74, 6) is 0.914. The molecule has 0 spiro atoms. The first-order valence-corrected chi connectivity index (χ1v) is 9.89. The van der Waals surface area contributed by atoms with Crippen LogP contribution in [0.2, 0.25) is 0 Å². The van der Waals surface area contributed by atoms with Crippen LogP contribution in [0, 0.1) is 0 Å². The van der Waals surface area contributed by atoms with E-state index in [0.717, 1.165) is 43.0 Å². The largest absolute Gasteiger partial charge is 0.355 e. The maximum Gasteiger partial charge on any atom is 0.244 e. The van der Waals surface area contributed by atoms with Crippen LogP contribution < -0.4 is 10.2 Å². The summed E-state index contributed by atoms with van der Waals surface area (Å²) in [7, 11) is 0. The summed E-state index contributed by atoms with van der Waals surface area (Å²) >= 11 is 1.70. The van der Waals surface area contributed by atoms with Crippen LogP contribution in [0.5, 0.6) is 0 Å². The topological polar surface area (TPSA) is 73.9 Å². The number of carbonyl (C=O) groups excluding carboxylic acids is 1. The Morgan fingerprint density at radius 3 is 2.93 bits per heavy atom. The molecule has 0 saturated carbocycles. The van der Waals surface area contributed by atoms with Crippen LogP contribution >= 0.6 is 11.3 Å². The highest BCUT2D eigenvalue weighted by atomic mass is 32.1. The number of hydrogen-bond donors (Lipinski definition) is 2. The highest BCUT2D eigenvalue weighted by molar-refractivity contribution is 7.13. The van der Waals surface area contributed by atoms with E-state index in [9.17, 15) is 4.79 Å². The first kappa shape index (κ1) is 17.5. The second kappa shape index (κ2) is 8.18. The third kappa shape index (κ3) is 4.43. The van der Waals surface area contributed by atoms with Gasteiger partial charge in [-0.3, -0.25) is 14.9 Å². The zero-order chi connectivity index (χ0) is 18.5. The first-order valence-electron chi connectivity index (χ1n) is 9.01. The van der Waals surface area contributed by atoms with Gasteiger partial charge in [0.15, 0.2) is 5.82 Å². The number of aromatic nitrogens is 3. The Balaban J connectivity index is 1.28. The zero-order valence-corrected chi connectivity index (χ0v) is 15.7. The molecule has 3 aromatic rings. The molecule has 6 nitrogen and oxygen atoms in total. The number of hydrogen-bond acceptors (Lipinski definition) is 5. The van der Waals surface area contributed by atoms with Crippen molar-refractivity contribution in [2.45, 2.75) is 18.9 Å². The van der Waals surface area contributed by atoms with Crippen LogP contribution in [-0.2, 0) is 4.79 Å². The molecule has 0 aromatic carbocycles. The van der Waals surface area contributed by atoms with Gasteiger partial charge < -0.3 is 10.2 Å². The summed E-state index contributed by atoms with van der Waals surface area (Å²) in [6, 6.07) is 10.2. The standard InChI is InChI=1S/C20H21N5OS/c26-20(6-5-15-3-1-9-21-14-15)22-16-7-10-25(11-8-16)19-13-17(23-24-19)18-4-2-12-27-18/h1-6,9,12-14,16H,7-8,10-11H2,(H,22,26)(H,23,24)/b6-5+. The van der Waals surface area contributed by atoms with Crippen LogP contribution in [0.3, 0.4) is 0 Å². The van der Waals surface area contributed by atoms with Gasteiger partial charge in [0.05, 0.1) is 10.6 Å². The van der Waals surface area contributed by atoms with Gasteiger partial charge in [-0.1, -0.05) is 12.1 Å². The number of aromatic amines is 1. The van der Waals surface area contributed by atoms with Crippen molar-refractivity contribution >= 4 is 29.1 Å². The normalized spacial score (nSPS) is 15.3. The van der Waals surface area contributed by atoms with Crippen molar-refractivity contribution in [3.05, 3.63) is 59.7 Å². The van der Waals surface area contributed by atoms with Gasteiger partial charge in [0.2, 0.25) is 5.91 Å². The highest BCUT2D eigenvalue weighted by Gasteiger charge is 2.22. The van der Waals surface area contributed by atoms with Crippen molar-refractivity contribution in [2.24, 2.45) is 0 Å². The second-order valence-corrected chi connectivity index (χ2v) is 7.45. The fourth-order valence-electron chi connectivity index (χ4n) is 3.18. The fraction of sp³-hybridized carbons (Fsp3) is 0.250. The van der Waals surface area contributed by atoms with Gasteiger partial charge in [0.25, 0.3) is 0 Å². The molecule has 7 heteroatoms. The van der Waals surface area contributed by atoms with E-state index in [1.54, 1.807) is 35.9 Å². The van der Waals surface area contributed by atoms with Gasteiger partial charge in [-0.05, 0) is 42.0 Å². The van der Waals surface area contributed by atoms with E-state index in [1.165, 1.54) is 4.88 Å². The van der Waals surface area contributed by atoms with Gasteiger partial charge in [0.1, 0.15) is 0 Å². The molecule has 27 heavy (non-hydrogen) atoms. The number of anilines is 1. The SMILES string of the molecule is O=C(/C=C/c1cccnc1)NC1CCN(c2cc(-c3cccs3)[nH]n2)CC1. The van der Waals surface area contributed by atoms with Crippen molar-refractivity contribution in [3.63, 3.8) is 0 Å². The Labute approximate surface area is 161 Å². The molecule has 138 valence electrons. The summed E-state index contributed by atoms with van der Waals surface area (Å²) in [5, 5.41) is 12.7. The molecular formula is C20H21N5OS. The molecule has 0 bridgehead atoms. The average molecular weight is 379 g/mol. The minimum Gasteiger partial charge on any atom is -0.355 e. The molecule has 2 N–H and O–H groups in total. The van der Waals surface area contributed by atoms with Gasteiger partial charge in [-0.15, -0.1) is 11.3 Å². The van der Waals surface area contributed by atoms with Crippen molar-refractivity contribution in [2.75, 3.05) is 18.0 Å². The molecule has 1 amide bonds.